The van der Waals surface area contributed by atoms with Crippen LogP contribution >= 0.6 is 11.6 Å². The van der Waals surface area contributed by atoms with Crippen LogP contribution in [0, 0.1) is 6.92 Å². The molecule has 2 aromatic heterocycles. The lowest BCUT2D eigenvalue weighted by atomic mass is 10.4. The van der Waals surface area contributed by atoms with E-state index in [1.165, 1.54) is 0 Å². The van der Waals surface area contributed by atoms with Gasteiger partial charge in [-0.3, -0.25) is 4.21 Å². The molecule has 0 spiro atoms. The van der Waals surface area contributed by atoms with Crippen LogP contribution in [0.25, 0.3) is 11.2 Å². The summed E-state index contributed by atoms with van der Waals surface area (Å²) in [5.41, 5.74) is 2.98. The van der Waals surface area contributed by atoms with Crippen LogP contribution in [0.1, 0.15) is 24.9 Å². The van der Waals surface area contributed by atoms with Crippen molar-refractivity contribution in [1.82, 2.24) is 19.3 Å². The summed E-state index contributed by atoms with van der Waals surface area (Å²) >= 11 is 5.88. The Balaban J connectivity index is 2.40. The topological polar surface area (TPSA) is 52.7 Å². The molecule has 0 aromatic carbocycles. The van der Waals surface area contributed by atoms with Gasteiger partial charge in [0.05, 0.1) is 5.69 Å². The molecule has 0 aliphatic carbocycles. The Morgan fingerprint density at radius 3 is 2.75 bits per heavy atom. The summed E-state index contributed by atoms with van der Waals surface area (Å²) in [5, 5.41) is 4.51. The first kappa shape index (κ1) is 15.5. The van der Waals surface area contributed by atoms with Crippen LogP contribution in [0.15, 0.2) is 0 Å². The SMILES string of the molecule is CCn1nc(C)c2nc(CCCl)n(CCCS(C)=O)c21. The molecule has 2 rings (SSSR count). The van der Waals surface area contributed by atoms with E-state index < -0.39 is 10.8 Å². The van der Waals surface area contributed by atoms with Crippen LogP contribution in [0.4, 0.5) is 0 Å². The van der Waals surface area contributed by atoms with E-state index in [2.05, 4.69) is 21.6 Å². The molecule has 112 valence electrons. The highest BCUT2D eigenvalue weighted by Gasteiger charge is 2.17. The number of alkyl halides is 1. The minimum Gasteiger partial charge on any atom is -0.313 e. The fraction of sp³-hybridized carbons (Fsp3) is 0.692. The van der Waals surface area contributed by atoms with Crippen LogP contribution < -0.4 is 0 Å². The second-order valence-electron chi connectivity index (χ2n) is 4.82. The Morgan fingerprint density at radius 2 is 2.15 bits per heavy atom. The van der Waals surface area contributed by atoms with Crippen molar-refractivity contribution in [2.24, 2.45) is 0 Å². The Labute approximate surface area is 126 Å². The number of aromatic nitrogens is 4. The number of fused-ring (bicyclic) bond motifs is 1. The number of nitrogens with zero attached hydrogens (tertiary/aromatic N) is 4. The van der Waals surface area contributed by atoms with E-state index in [1.54, 1.807) is 6.26 Å². The lowest BCUT2D eigenvalue weighted by molar-refractivity contribution is 0.603. The van der Waals surface area contributed by atoms with Crippen molar-refractivity contribution in [2.75, 3.05) is 17.9 Å². The summed E-state index contributed by atoms with van der Waals surface area (Å²) in [4.78, 5) is 4.69. The zero-order valence-electron chi connectivity index (χ0n) is 12.2. The largest absolute Gasteiger partial charge is 0.313 e. The summed E-state index contributed by atoms with van der Waals surface area (Å²) in [5.74, 6) is 2.26. The van der Waals surface area contributed by atoms with Crippen LogP contribution in [-0.4, -0.2) is 41.4 Å². The van der Waals surface area contributed by atoms with E-state index in [1.807, 2.05) is 11.6 Å². The van der Waals surface area contributed by atoms with Gasteiger partial charge in [-0.1, -0.05) is 0 Å². The molecule has 0 fully saturated rings. The Kier molecular flexibility index (Phi) is 5.21. The average molecular weight is 317 g/mol. The van der Waals surface area contributed by atoms with Crippen LogP contribution in [0.5, 0.6) is 0 Å². The maximum atomic E-state index is 11.2. The molecule has 0 saturated heterocycles. The summed E-state index contributed by atoms with van der Waals surface area (Å²) in [6.07, 6.45) is 3.36. The quantitative estimate of drug-likeness (QED) is 0.735. The number of hydrogen-bond donors (Lipinski definition) is 0. The smallest absolute Gasteiger partial charge is 0.158 e. The molecule has 0 bridgehead atoms. The van der Waals surface area contributed by atoms with Gasteiger partial charge in [0.2, 0.25) is 0 Å². The molecule has 0 amide bonds. The van der Waals surface area contributed by atoms with Gasteiger partial charge < -0.3 is 4.57 Å². The van der Waals surface area contributed by atoms with Gasteiger partial charge in [-0.15, -0.1) is 11.6 Å². The van der Waals surface area contributed by atoms with Crippen molar-refractivity contribution < 1.29 is 4.21 Å². The highest BCUT2D eigenvalue weighted by Crippen LogP contribution is 2.21. The fourth-order valence-electron chi connectivity index (χ4n) is 2.43. The molecule has 5 nitrogen and oxygen atoms in total. The molecule has 2 heterocycles. The molecule has 1 atom stereocenters. The number of imidazole rings is 1. The number of hydrogen-bond acceptors (Lipinski definition) is 3. The lowest BCUT2D eigenvalue weighted by Gasteiger charge is -2.09. The van der Waals surface area contributed by atoms with E-state index in [0.29, 0.717) is 11.6 Å². The highest BCUT2D eigenvalue weighted by atomic mass is 35.5. The Bertz CT molecular complexity index is 619. The van der Waals surface area contributed by atoms with Gasteiger partial charge in [0.25, 0.3) is 0 Å². The second-order valence-corrected chi connectivity index (χ2v) is 6.76. The monoisotopic (exact) mass is 316 g/mol. The van der Waals surface area contributed by atoms with E-state index in [4.69, 9.17) is 11.6 Å². The number of aryl methyl sites for hydroxylation is 4. The van der Waals surface area contributed by atoms with E-state index in [-0.39, 0.29) is 0 Å². The molecule has 0 aliphatic heterocycles. The minimum atomic E-state index is -0.755. The molecule has 0 radical (unpaired) electrons. The molecule has 7 heteroatoms. The van der Waals surface area contributed by atoms with Crippen molar-refractivity contribution in [3.63, 3.8) is 0 Å². The first-order valence-electron chi connectivity index (χ1n) is 6.87. The predicted octanol–water partition coefficient (Wildman–Crippen LogP) is 2.11. The number of halogens is 1. The van der Waals surface area contributed by atoms with Crippen molar-refractivity contribution in [3.8, 4) is 0 Å². The summed E-state index contributed by atoms with van der Waals surface area (Å²) < 4.78 is 15.4. The third kappa shape index (κ3) is 3.06. The van der Waals surface area contributed by atoms with Crippen LogP contribution in [0.3, 0.4) is 0 Å². The van der Waals surface area contributed by atoms with Gasteiger partial charge in [0.1, 0.15) is 11.3 Å². The third-order valence-corrected chi connectivity index (χ3v) is 4.36. The molecule has 2 aromatic rings. The molecular formula is C13H21ClN4OS. The minimum absolute atomic E-state index is 0.553. The van der Waals surface area contributed by atoms with Crippen molar-refractivity contribution >= 4 is 33.6 Å². The van der Waals surface area contributed by atoms with Crippen molar-refractivity contribution in [1.29, 1.82) is 0 Å². The normalized spacial score (nSPS) is 13.2. The van der Waals surface area contributed by atoms with Gasteiger partial charge in [0.15, 0.2) is 5.65 Å². The summed E-state index contributed by atoms with van der Waals surface area (Å²) in [6.45, 7) is 5.69. The van der Waals surface area contributed by atoms with E-state index >= 15 is 0 Å². The maximum absolute atomic E-state index is 11.2. The first-order valence-corrected chi connectivity index (χ1v) is 9.13. The van der Waals surface area contributed by atoms with Gasteiger partial charge in [0, 0.05) is 48.2 Å². The standard InChI is InChI=1S/C13H21ClN4OS/c1-4-18-13-12(10(2)16-18)15-11(6-7-14)17(13)8-5-9-20(3)19/h4-9H2,1-3H3. The van der Waals surface area contributed by atoms with Gasteiger partial charge >= 0.3 is 0 Å². The Hall–Kier alpha value is -0.880. The van der Waals surface area contributed by atoms with E-state index in [9.17, 15) is 4.21 Å². The lowest BCUT2D eigenvalue weighted by Crippen LogP contribution is -2.11. The molecule has 20 heavy (non-hydrogen) atoms. The zero-order valence-corrected chi connectivity index (χ0v) is 13.8. The van der Waals surface area contributed by atoms with Crippen LogP contribution in [0.2, 0.25) is 0 Å². The van der Waals surface area contributed by atoms with Gasteiger partial charge in [-0.05, 0) is 20.3 Å². The molecule has 0 aliphatic rings. The fourth-order valence-corrected chi connectivity index (χ4v) is 3.13. The predicted molar refractivity (Wildman–Crippen MR) is 83.9 cm³/mol. The summed E-state index contributed by atoms with van der Waals surface area (Å²) in [6, 6.07) is 0. The molecule has 1 unspecified atom stereocenters. The van der Waals surface area contributed by atoms with E-state index in [0.717, 1.165) is 48.6 Å². The highest BCUT2D eigenvalue weighted by molar-refractivity contribution is 7.84. The average Bonchev–Trinajstić information content (AvgIpc) is 2.89. The Morgan fingerprint density at radius 1 is 1.40 bits per heavy atom. The zero-order chi connectivity index (χ0) is 14.7. The molecule has 0 N–H and O–H groups in total. The van der Waals surface area contributed by atoms with Crippen molar-refractivity contribution in [3.05, 3.63) is 11.5 Å². The van der Waals surface area contributed by atoms with Gasteiger partial charge in [-0.2, -0.15) is 5.10 Å². The molecular weight excluding hydrogens is 296 g/mol. The summed E-state index contributed by atoms with van der Waals surface area (Å²) in [7, 11) is -0.755. The maximum Gasteiger partial charge on any atom is 0.158 e. The molecule has 0 saturated carbocycles. The second kappa shape index (κ2) is 6.72. The van der Waals surface area contributed by atoms with Crippen molar-refractivity contribution in [2.45, 2.75) is 39.8 Å². The number of rotatable bonds is 7. The third-order valence-electron chi connectivity index (χ3n) is 3.31. The van der Waals surface area contributed by atoms with Crippen LogP contribution in [-0.2, 0) is 30.3 Å². The van der Waals surface area contributed by atoms with Gasteiger partial charge in [-0.25, -0.2) is 9.67 Å². The first-order chi connectivity index (χ1) is 9.58.